The minimum absolute atomic E-state index is 0.558. The third kappa shape index (κ3) is 4.17. The second-order valence-electron chi connectivity index (χ2n) is 3.73. The molecule has 1 saturated heterocycles. The lowest BCUT2D eigenvalue weighted by molar-refractivity contribution is 0.301. The summed E-state index contributed by atoms with van der Waals surface area (Å²) in [4.78, 5) is 10.2. The maximum absolute atomic E-state index is 13.2. The number of amidine groups is 1. The normalized spacial score (nSPS) is 24.2. The molecule has 16 heavy (non-hydrogen) atoms. The summed E-state index contributed by atoms with van der Waals surface area (Å²) in [6.07, 6.45) is 4.56. The number of hydrogen-bond acceptors (Lipinski definition) is 2. The average Bonchev–Trinajstić information content (AvgIpc) is 2.49. The van der Waals surface area contributed by atoms with Gasteiger partial charge in [-0.3, -0.25) is 4.99 Å². The van der Waals surface area contributed by atoms with E-state index in [9.17, 15) is 4.39 Å². The van der Waals surface area contributed by atoms with Crippen molar-refractivity contribution in [1.82, 2.24) is 4.90 Å². The highest BCUT2D eigenvalue weighted by Gasteiger charge is 2.17. The number of hydrogen-bond donors (Lipinski definition) is 0. The van der Waals surface area contributed by atoms with Crippen molar-refractivity contribution in [2.45, 2.75) is 25.4 Å². The average molecular weight is 221 g/mol. The van der Waals surface area contributed by atoms with E-state index in [-0.39, 0.29) is 0 Å². The molecule has 1 heterocycles. The summed E-state index contributed by atoms with van der Waals surface area (Å²) < 4.78 is 13.2. The largest absolute Gasteiger partial charge is 0.355 e. The van der Waals surface area contributed by atoms with Crippen LogP contribution in [0.25, 0.3) is 0 Å². The highest BCUT2D eigenvalue weighted by atomic mass is 19.1. The number of halogens is 1. The van der Waals surface area contributed by atoms with Crippen LogP contribution in [-0.2, 0) is 0 Å². The van der Waals surface area contributed by atoms with Gasteiger partial charge in [-0.25, -0.2) is 9.38 Å². The number of alkyl halides is 1. The molecule has 86 valence electrons. The lowest BCUT2D eigenvalue weighted by atomic mass is 10.2. The van der Waals surface area contributed by atoms with E-state index in [4.69, 9.17) is 7.85 Å². The van der Waals surface area contributed by atoms with E-state index < -0.39 is 6.17 Å². The number of nitrogens with zero attached hydrogens (tertiary/aromatic N) is 3. The fourth-order valence-corrected chi connectivity index (χ4v) is 1.72. The van der Waals surface area contributed by atoms with Gasteiger partial charge in [-0.1, -0.05) is 0 Å². The van der Waals surface area contributed by atoms with Crippen molar-refractivity contribution in [2.24, 2.45) is 9.98 Å². The Kier molecular flexibility index (Phi) is 5.82. The Hall–Kier alpha value is -1.13. The van der Waals surface area contributed by atoms with E-state index in [1.165, 1.54) is 12.2 Å². The van der Waals surface area contributed by atoms with Gasteiger partial charge in [0.15, 0.2) is 0 Å². The van der Waals surface area contributed by atoms with Gasteiger partial charge in [0, 0.05) is 26.3 Å². The summed E-state index contributed by atoms with van der Waals surface area (Å²) in [7, 11) is 6.94. The summed E-state index contributed by atoms with van der Waals surface area (Å²) in [6.45, 7) is 1.51. The zero-order chi connectivity index (χ0) is 11.8. The molecule has 0 aromatic carbocycles. The SMILES string of the molecule is [B]/C=C/N=C(C=NC)N1CCCC(F)CC1. The van der Waals surface area contributed by atoms with Crippen LogP contribution in [0.4, 0.5) is 4.39 Å². The van der Waals surface area contributed by atoms with Crippen LogP contribution in [0.1, 0.15) is 19.3 Å². The Morgan fingerprint density at radius 2 is 2.25 bits per heavy atom. The Balaban J connectivity index is 2.70. The fraction of sp³-hybridized carbons (Fsp3) is 0.636. The van der Waals surface area contributed by atoms with Crippen LogP contribution >= 0.6 is 0 Å². The molecule has 5 heteroatoms. The second kappa shape index (κ2) is 7.20. The van der Waals surface area contributed by atoms with Crippen molar-refractivity contribution in [3.63, 3.8) is 0 Å². The van der Waals surface area contributed by atoms with Crippen molar-refractivity contribution in [1.29, 1.82) is 0 Å². The first kappa shape index (κ1) is 12.9. The van der Waals surface area contributed by atoms with E-state index in [0.29, 0.717) is 19.4 Å². The standard InChI is InChI=1S/C11H17BFN3/c1-14-9-11(15-6-5-12)16-7-2-3-10(13)4-8-16/h5-6,9-10H,2-4,7-8H2,1H3/b6-5+,14-9?,15-11?. The highest BCUT2D eigenvalue weighted by molar-refractivity contribution is 6.29. The maximum atomic E-state index is 13.2. The summed E-state index contributed by atoms with van der Waals surface area (Å²) in [5, 5.41) is 0. The Morgan fingerprint density at radius 1 is 1.44 bits per heavy atom. The molecule has 0 N–H and O–H groups in total. The molecular formula is C11H17BFN3. The predicted molar refractivity (Wildman–Crippen MR) is 67.1 cm³/mol. The van der Waals surface area contributed by atoms with Gasteiger partial charge in [0.25, 0.3) is 0 Å². The van der Waals surface area contributed by atoms with Gasteiger partial charge in [0.1, 0.15) is 19.9 Å². The Morgan fingerprint density at radius 3 is 2.94 bits per heavy atom. The zero-order valence-electron chi connectivity index (χ0n) is 9.64. The molecule has 3 nitrogen and oxygen atoms in total. The van der Waals surface area contributed by atoms with Crippen molar-refractivity contribution < 1.29 is 4.39 Å². The van der Waals surface area contributed by atoms with Gasteiger partial charge in [-0.15, -0.1) is 5.98 Å². The molecule has 0 aromatic rings. The molecule has 0 bridgehead atoms. The lowest BCUT2D eigenvalue weighted by Crippen LogP contribution is -2.33. The molecule has 0 aromatic heterocycles. The van der Waals surface area contributed by atoms with Crippen molar-refractivity contribution in [3.05, 3.63) is 12.2 Å². The van der Waals surface area contributed by atoms with E-state index >= 15 is 0 Å². The molecule has 2 radical (unpaired) electrons. The van der Waals surface area contributed by atoms with Crippen LogP contribution in [-0.4, -0.2) is 51.1 Å². The van der Waals surface area contributed by atoms with Gasteiger partial charge < -0.3 is 4.90 Å². The Bertz CT molecular complexity index is 289. The first-order valence-corrected chi connectivity index (χ1v) is 5.53. The van der Waals surface area contributed by atoms with Gasteiger partial charge in [-0.2, -0.15) is 0 Å². The molecule has 1 fully saturated rings. The quantitative estimate of drug-likeness (QED) is 0.395. The van der Waals surface area contributed by atoms with Crippen LogP contribution in [0, 0.1) is 0 Å². The summed E-state index contributed by atoms with van der Waals surface area (Å²) in [5.74, 6) is 2.12. The fourth-order valence-electron chi connectivity index (χ4n) is 1.72. The van der Waals surface area contributed by atoms with E-state index in [1.807, 2.05) is 4.90 Å². The van der Waals surface area contributed by atoms with Crippen LogP contribution in [0.2, 0.25) is 0 Å². The number of likely N-dealkylation sites (tertiary alicyclic amines) is 1. The third-order valence-corrected chi connectivity index (χ3v) is 2.52. The lowest BCUT2D eigenvalue weighted by Gasteiger charge is -2.21. The molecule has 0 amide bonds. The molecule has 1 unspecified atom stereocenters. The topological polar surface area (TPSA) is 28.0 Å². The number of aliphatic imine (C=N–C) groups is 2. The van der Waals surface area contributed by atoms with Crippen LogP contribution in [0.15, 0.2) is 22.2 Å². The minimum Gasteiger partial charge on any atom is -0.355 e. The monoisotopic (exact) mass is 221 g/mol. The molecule has 0 spiro atoms. The van der Waals surface area contributed by atoms with Crippen LogP contribution < -0.4 is 0 Å². The molecule has 0 saturated carbocycles. The van der Waals surface area contributed by atoms with Crippen molar-refractivity contribution in [3.8, 4) is 0 Å². The number of rotatable bonds is 2. The van der Waals surface area contributed by atoms with Gasteiger partial charge in [0.2, 0.25) is 0 Å². The summed E-state index contributed by atoms with van der Waals surface area (Å²) >= 11 is 0. The van der Waals surface area contributed by atoms with Crippen molar-refractivity contribution >= 4 is 19.9 Å². The molecule has 1 rings (SSSR count). The summed E-state index contributed by atoms with van der Waals surface area (Å²) in [6, 6.07) is 0. The second-order valence-corrected chi connectivity index (χ2v) is 3.73. The first-order valence-electron chi connectivity index (χ1n) is 5.53. The Labute approximate surface area is 97.6 Å². The van der Waals surface area contributed by atoms with Crippen LogP contribution in [0.3, 0.4) is 0 Å². The highest BCUT2D eigenvalue weighted by Crippen LogP contribution is 2.14. The smallest absolute Gasteiger partial charge is 0.146 e. The summed E-state index contributed by atoms with van der Waals surface area (Å²) in [5.41, 5.74) is 0. The van der Waals surface area contributed by atoms with E-state index in [2.05, 4.69) is 9.98 Å². The van der Waals surface area contributed by atoms with E-state index in [1.54, 1.807) is 13.3 Å². The zero-order valence-corrected chi connectivity index (χ0v) is 9.64. The molecule has 1 aliphatic heterocycles. The van der Waals surface area contributed by atoms with E-state index in [0.717, 1.165) is 18.8 Å². The van der Waals surface area contributed by atoms with Gasteiger partial charge >= 0.3 is 0 Å². The van der Waals surface area contributed by atoms with Gasteiger partial charge in [-0.05, 0) is 19.3 Å². The third-order valence-electron chi connectivity index (χ3n) is 2.52. The molecule has 0 aliphatic carbocycles. The first-order chi connectivity index (χ1) is 7.77. The van der Waals surface area contributed by atoms with Gasteiger partial charge in [0.05, 0.1) is 6.21 Å². The predicted octanol–water partition coefficient (Wildman–Crippen LogP) is 1.55. The van der Waals surface area contributed by atoms with Crippen molar-refractivity contribution in [2.75, 3.05) is 20.1 Å². The molecule has 1 aliphatic rings. The maximum Gasteiger partial charge on any atom is 0.146 e. The van der Waals surface area contributed by atoms with Crippen LogP contribution in [0.5, 0.6) is 0 Å². The minimum atomic E-state index is -0.685. The molecular weight excluding hydrogens is 204 g/mol. The molecule has 1 atom stereocenters.